The smallest absolute Gasteiger partial charge is 0.256 e. The maximum absolute atomic E-state index is 13.3. The maximum Gasteiger partial charge on any atom is 0.256 e. The first-order chi connectivity index (χ1) is 15.2. The topological polar surface area (TPSA) is 73.5 Å². The number of nitrogens with zero attached hydrogens (tertiary/aromatic N) is 3. The molecule has 0 spiro atoms. The highest BCUT2D eigenvalue weighted by molar-refractivity contribution is 5.83. The number of likely N-dealkylation sites (tertiary alicyclic amines) is 1. The molecule has 3 heterocycles. The standard InChI is InChI=1S/C24H27N5O2/c1-31-18-11-9-17(10-12-18)21-15-22(24-25-19-7-3-4-8-20(19)26-24)29(27-21)23(30)16-28-13-5-2-6-14-28/h3-4,7-12,15,22,27H,2,5-6,13-14,16H2,1H3,(H,25,26). The summed E-state index contributed by atoms with van der Waals surface area (Å²) in [7, 11) is 1.65. The number of aromatic nitrogens is 2. The van der Waals surface area contributed by atoms with E-state index in [4.69, 9.17) is 9.72 Å². The zero-order valence-corrected chi connectivity index (χ0v) is 17.7. The number of fused-ring (bicyclic) bond motifs is 1. The molecule has 0 bridgehead atoms. The fourth-order valence-corrected chi connectivity index (χ4v) is 4.32. The van der Waals surface area contributed by atoms with Gasteiger partial charge in [-0.1, -0.05) is 18.6 Å². The first-order valence-corrected chi connectivity index (χ1v) is 10.8. The molecule has 1 saturated heterocycles. The van der Waals surface area contributed by atoms with Gasteiger partial charge < -0.3 is 9.72 Å². The maximum atomic E-state index is 13.3. The molecule has 31 heavy (non-hydrogen) atoms. The fraction of sp³-hybridized carbons (Fsp3) is 0.333. The van der Waals surface area contributed by atoms with Gasteiger partial charge in [-0.3, -0.25) is 15.1 Å². The number of ether oxygens (including phenoxy) is 1. The number of hydrogen-bond acceptors (Lipinski definition) is 5. The third kappa shape index (κ3) is 4.01. The van der Waals surface area contributed by atoms with E-state index in [1.165, 1.54) is 6.42 Å². The van der Waals surface area contributed by atoms with Gasteiger partial charge in [-0.2, -0.15) is 0 Å². The van der Waals surface area contributed by atoms with Gasteiger partial charge in [0.25, 0.3) is 5.91 Å². The van der Waals surface area contributed by atoms with Crippen LogP contribution in [-0.2, 0) is 4.79 Å². The van der Waals surface area contributed by atoms with Gasteiger partial charge in [0.05, 0.1) is 30.4 Å². The summed E-state index contributed by atoms with van der Waals surface area (Å²) in [6.45, 7) is 2.37. The molecule has 3 aromatic rings. The lowest BCUT2D eigenvalue weighted by Crippen LogP contribution is -2.46. The highest BCUT2D eigenvalue weighted by atomic mass is 16.5. The minimum atomic E-state index is -0.304. The largest absolute Gasteiger partial charge is 0.497 e. The molecule has 2 N–H and O–H groups in total. The van der Waals surface area contributed by atoms with Crippen LogP contribution in [0.3, 0.4) is 0 Å². The van der Waals surface area contributed by atoms with Crippen LogP contribution >= 0.6 is 0 Å². The van der Waals surface area contributed by atoms with Crippen molar-refractivity contribution in [1.29, 1.82) is 0 Å². The van der Waals surface area contributed by atoms with E-state index >= 15 is 0 Å². The summed E-state index contributed by atoms with van der Waals surface area (Å²) in [4.78, 5) is 23.7. The van der Waals surface area contributed by atoms with Gasteiger partial charge in [-0.15, -0.1) is 0 Å². The number of H-pyrrole nitrogens is 1. The SMILES string of the molecule is COc1ccc(C2=CC(c3nc4ccccc4[nH]3)N(C(=O)CN3CCCCC3)N2)cc1. The van der Waals surface area contributed by atoms with Gasteiger partial charge in [0.15, 0.2) is 0 Å². The second-order valence-electron chi connectivity index (χ2n) is 8.11. The predicted molar refractivity (Wildman–Crippen MR) is 120 cm³/mol. The molecule has 0 aliphatic carbocycles. The van der Waals surface area contributed by atoms with Crippen molar-refractivity contribution in [2.24, 2.45) is 0 Å². The Kier molecular flexibility index (Phi) is 5.34. The lowest BCUT2D eigenvalue weighted by Gasteiger charge is -2.30. The third-order valence-electron chi connectivity index (χ3n) is 6.01. The van der Waals surface area contributed by atoms with Crippen molar-refractivity contribution in [3.8, 4) is 5.75 Å². The molecule has 0 radical (unpaired) electrons. The average Bonchev–Trinajstić information content (AvgIpc) is 3.44. The molecule has 2 aromatic carbocycles. The Hall–Kier alpha value is -3.32. The van der Waals surface area contributed by atoms with Gasteiger partial charge in [-0.05, 0) is 74.0 Å². The van der Waals surface area contributed by atoms with Crippen LogP contribution in [0.4, 0.5) is 0 Å². The summed E-state index contributed by atoms with van der Waals surface area (Å²) < 4.78 is 5.27. The van der Waals surface area contributed by atoms with E-state index < -0.39 is 0 Å². The van der Waals surface area contributed by atoms with Crippen molar-refractivity contribution in [3.05, 3.63) is 66.0 Å². The first-order valence-electron chi connectivity index (χ1n) is 10.8. The highest BCUT2D eigenvalue weighted by Crippen LogP contribution is 2.31. The number of benzene rings is 2. The van der Waals surface area contributed by atoms with Crippen LogP contribution in [0.5, 0.6) is 5.75 Å². The fourth-order valence-electron chi connectivity index (χ4n) is 4.32. The Morgan fingerprint density at radius 3 is 2.61 bits per heavy atom. The molecule has 1 amide bonds. The van der Waals surface area contributed by atoms with Gasteiger partial charge in [0, 0.05) is 0 Å². The molecule has 1 aromatic heterocycles. The summed E-state index contributed by atoms with van der Waals surface area (Å²) in [5, 5.41) is 1.71. The number of amides is 1. The summed E-state index contributed by atoms with van der Waals surface area (Å²) in [6.07, 6.45) is 5.62. The van der Waals surface area contributed by atoms with E-state index in [1.807, 2.05) is 48.5 Å². The Labute approximate surface area is 181 Å². The molecule has 2 aliphatic heterocycles. The monoisotopic (exact) mass is 417 g/mol. The van der Waals surface area contributed by atoms with Crippen LogP contribution < -0.4 is 10.2 Å². The second-order valence-corrected chi connectivity index (χ2v) is 8.11. The molecule has 7 heteroatoms. The number of hydrazine groups is 1. The van der Waals surface area contributed by atoms with Crippen LogP contribution in [0.25, 0.3) is 16.7 Å². The minimum Gasteiger partial charge on any atom is -0.497 e. The van der Waals surface area contributed by atoms with Crippen molar-refractivity contribution >= 4 is 22.6 Å². The molecule has 160 valence electrons. The van der Waals surface area contributed by atoms with Gasteiger partial charge in [0.2, 0.25) is 0 Å². The van der Waals surface area contributed by atoms with Crippen molar-refractivity contribution in [3.63, 3.8) is 0 Å². The van der Waals surface area contributed by atoms with E-state index in [0.29, 0.717) is 6.54 Å². The van der Waals surface area contributed by atoms with Crippen LogP contribution in [0.1, 0.15) is 36.7 Å². The molecule has 1 fully saturated rings. The number of methoxy groups -OCH3 is 1. The molecule has 1 unspecified atom stereocenters. The Balaban J connectivity index is 1.45. The summed E-state index contributed by atoms with van der Waals surface area (Å²) >= 11 is 0. The Morgan fingerprint density at radius 2 is 1.87 bits per heavy atom. The number of hydrogen-bond donors (Lipinski definition) is 2. The number of aromatic amines is 1. The first kappa shape index (κ1) is 19.6. The lowest BCUT2D eigenvalue weighted by atomic mass is 10.1. The van der Waals surface area contributed by atoms with Crippen molar-refractivity contribution in [1.82, 2.24) is 25.3 Å². The van der Waals surface area contributed by atoms with Crippen molar-refractivity contribution in [2.45, 2.75) is 25.3 Å². The average molecular weight is 418 g/mol. The van der Waals surface area contributed by atoms with E-state index in [2.05, 4.69) is 21.4 Å². The van der Waals surface area contributed by atoms with Crippen molar-refractivity contribution < 1.29 is 9.53 Å². The molecular formula is C24H27N5O2. The number of carbonyl (C=O) groups excluding carboxylic acids is 1. The van der Waals surface area contributed by atoms with Gasteiger partial charge >= 0.3 is 0 Å². The number of nitrogens with one attached hydrogen (secondary N) is 2. The lowest BCUT2D eigenvalue weighted by molar-refractivity contribution is -0.136. The number of carbonyl (C=O) groups is 1. The van der Waals surface area contributed by atoms with E-state index in [9.17, 15) is 4.79 Å². The molecule has 0 saturated carbocycles. The van der Waals surface area contributed by atoms with Gasteiger partial charge in [0.1, 0.15) is 17.6 Å². The quantitative estimate of drug-likeness (QED) is 0.665. The third-order valence-corrected chi connectivity index (χ3v) is 6.01. The van der Waals surface area contributed by atoms with E-state index in [-0.39, 0.29) is 11.9 Å². The minimum absolute atomic E-state index is 0.0483. The van der Waals surface area contributed by atoms with Crippen LogP contribution in [0, 0.1) is 0 Å². The Morgan fingerprint density at radius 1 is 1.10 bits per heavy atom. The summed E-state index contributed by atoms with van der Waals surface area (Å²) in [6, 6.07) is 15.5. The van der Waals surface area contributed by atoms with Crippen LogP contribution in [0.15, 0.2) is 54.6 Å². The summed E-state index contributed by atoms with van der Waals surface area (Å²) in [5.74, 6) is 1.60. The second kappa shape index (κ2) is 8.43. The van der Waals surface area contributed by atoms with E-state index in [0.717, 1.165) is 59.8 Å². The number of para-hydroxylation sites is 2. The van der Waals surface area contributed by atoms with Crippen LogP contribution in [0.2, 0.25) is 0 Å². The number of piperidine rings is 1. The normalized spacial score (nSPS) is 19.3. The summed E-state index contributed by atoms with van der Waals surface area (Å²) in [5.41, 5.74) is 7.09. The highest BCUT2D eigenvalue weighted by Gasteiger charge is 2.33. The number of imidazole rings is 1. The van der Waals surface area contributed by atoms with Crippen LogP contribution in [-0.4, -0.2) is 52.5 Å². The zero-order chi connectivity index (χ0) is 21.2. The van der Waals surface area contributed by atoms with Gasteiger partial charge in [-0.25, -0.2) is 9.99 Å². The number of rotatable bonds is 5. The molecule has 7 nitrogen and oxygen atoms in total. The molecular weight excluding hydrogens is 390 g/mol. The zero-order valence-electron chi connectivity index (χ0n) is 17.7. The van der Waals surface area contributed by atoms with E-state index in [1.54, 1.807) is 12.1 Å². The predicted octanol–water partition coefficient (Wildman–Crippen LogP) is 3.49. The molecule has 1 atom stereocenters. The Bertz CT molecular complexity index is 1070. The molecule has 2 aliphatic rings. The molecule has 5 rings (SSSR count). The van der Waals surface area contributed by atoms with Crippen molar-refractivity contribution in [2.75, 3.05) is 26.7 Å².